The second-order valence-corrected chi connectivity index (χ2v) is 13.1. The molecular formula is C47H31N5. The molecular weight excluding hydrogens is 635 g/mol. The third-order valence-electron chi connectivity index (χ3n) is 9.98. The summed E-state index contributed by atoms with van der Waals surface area (Å²) >= 11 is 0. The number of para-hydroxylation sites is 3. The minimum Gasteiger partial charge on any atom is -0.309 e. The molecule has 1 aliphatic rings. The van der Waals surface area contributed by atoms with Crippen LogP contribution in [0.4, 0.5) is 0 Å². The highest BCUT2D eigenvalue weighted by molar-refractivity contribution is 6.12. The lowest BCUT2D eigenvalue weighted by Crippen LogP contribution is -2.06. The highest BCUT2D eigenvalue weighted by atomic mass is 15.2. The van der Waals surface area contributed by atoms with E-state index in [4.69, 9.17) is 9.97 Å². The molecule has 10 rings (SSSR count). The maximum atomic E-state index is 5.23. The summed E-state index contributed by atoms with van der Waals surface area (Å²) in [5.74, 6) is 0.596. The van der Waals surface area contributed by atoms with Gasteiger partial charge in [-0.25, -0.2) is 9.97 Å². The predicted octanol–water partition coefficient (Wildman–Crippen LogP) is 11.5. The van der Waals surface area contributed by atoms with Crippen LogP contribution in [0, 0.1) is 0 Å². The fourth-order valence-corrected chi connectivity index (χ4v) is 7.55. The second kappa shape index (κ2) is 12.1. The molecule has 4 heterocycles. The molecule has 5 heteroatoms. The monoisotopic (exact) mass is 665 g/mol. The summed E-state index contributed by atoms with van der Waals surface area (Å²) in [6.07, 6.45) is 9.84. The Morgan fingerprint density at radius 2 is 1.12 bits per heavy atom. The van der Waals surface area contributed by atoms with E-state index < -0.39 is 0 Å². The fourth-order valence-electron chi connectivity index (χ4n) is 7.55. The zero-order valence-corrected chi connectivity index (χ0v) is 28.4. The number of nitrogens with zero attached hydrogens (tertiary/aromatic N) is 5. The molecule has 0 bridgehead atoms. The molecule has 5 aromatic carbocycles. The van der Waals surface area contributed by atoms with E-state index in [1.54, 1.807) is 6.20 Å². The molecule has 244 valence electrons. The minimum atomic E-state index is 0.596. The lowest BCUT2D eigenvalue weighted by atomic mass is 10.0. The van der Waals surface area contributed by atoms with Crippen molar-refractivity contribution in [3.8, 4) is 34.2 Å². The number of fused-ring (bicyclic) bond motifs is 6. The largest absolute Gasteiger partial charge is 0.309 e. The first-order valence-corrected chi connectivity index (χ1v) is 17.5. The molecule has 0 saturated heterocycles. The van der Waals surface area contributed by atoms with Crippen LogP contribution in [0.25, 0.3) is 83.3 Å². The van der Waals surface area contributed by atoms with Gasteiger partial charge in [-0.3, -0.25) is 9.55 Å². The van der Waals surface area contributed by atoms with Gasteiger partial charge in [0.05, 0.1) is 39.1 Å². The highest BCUT2D eigenvalue weighted by Crippen LogP contribution is 2.38. The van der Waals surface area contributed by atoms with Crippen LogP contribution in [0.2, 0.25) is 0 Å². The van der Waals surface area contributed by atoms with Crippen molar-refractivity contribution < 1.29 is 0 Å². The Kier molecular flexibility index (Phi) is 6.91. The third kappa shape index (κ3) is 4.84. The zero-order valence-electron chi connectivity index (χ0n) is 28.4. The first-order chi connectivity index (χ1) is 25.7. The quantitative estimate of drug-likeness (QED) is 0.172. The summed E-state index contributed by atoms with van der Waals surface area (Å²) in [6.45, 7) is 2.07. The number of rotatable bonds is 5. The Balaban J connectivity index is 1.17. The van der Waals surface area contributed by atoms with Crippen molar-refractivity contribution in [2.75, 3.05) is 0 Å². The maximum Gasteiger partial charge on any atom is 0.235 e. The van der Waals surface area contributed by atoms with Crippen molar-refractivity contribution in [2.24, 2.45) is 0 Å². The molecule has 0 unspecified atom stereocenters. The van der Waals surface area contributed by atoms with Crippen LogP contribution in [-0.4, -0.2) is 24.1 Å². The topological polar surface area (TPSA) is 48.5 Å². The lowest BCUT2D eigenvalue weighted by Gasteiger charge is -2.13. The van der Waals surface area contributed by atoms with Gasteiger partial charge in [-0.05, 0) is 90.9 Å². The molecule has 1 aliphatic carbocycles. The fraction of sp³-hybridized carbons (Fsp3) is 0.0213. The molecule has 0 fully saturated rings. The number of benzene rings is 5. The minimum absolute atomic E-state index is 0.596. The van der Waals surface area contributed by atoms with Gasteiger partial charge in [-0.2, -0.15) is 0 Å². The Hall–Kier alpha value is -7.07. The summed E-state index contributed by atoms with van der Waals surface area (Å²) < 4.78 is 4.54. The van der Waals surface area contributed by atoms with Crippen molar-refractivity contribution >= 4 is 49.2 Å². The van der Waals surface area contributed by atoms with E-state index in [9.17, 15) is 0 Å². The Bertz CT molecular complexity index is 2990. The summed E-state index contributed by atoms with van der Waals surface area (Å²) in [7, 11) is 0. The van der Waals surface area contributed by atoms with E-state index in [1.807, 2.05) is 42.5 Å². The van der Waals surface area contributed by atoms with E-state index in [2.05, 4.69) is 148 Å². The van der Waals surface area contributed by atoms with Gasteiger partial charge in [0.15, 0.2) is 0 Å². The van der Waals surface area contributed by atoms with Crippen molar-refractivity contribution in [3.63, 3.8) is 0 Å². The standard InChI is InChI=1S/C47H31N5/c1-31-14-4-2-7-17-35(31)41-30-42(40-20-12-13-27-48-40)50-47(49-41)52-44-22-11-9-19-37(44)39-29-33(24-26-46(39)52)32-23-25-45-38(28-32)36-18-8-10-21-43(36)51(45)34-15-5-3-6-16-34/h2-13,15-30H,1H3. The Morgan fingerprint density at radius 1 is 0.500 bits per heavy atom. The average Bonchev–Trinajstić information content (AvgIpc) is 3.62. The van der Waals surface area contributed by atoms with Crippen LogP contribution in [0.1, 0.15) is 12.6 Å². The number of pyridine rings is 1. The predicted molar refractivity (Wildman–Crippen MR) is 214 cm³/mol. The van der Waals surface area contributed by atoms with Crippen LogP contribution in [-0.2, 0) is 0 Å². The van der Waals surface area contributed by atoms with E-state index in [-0.39, 0.29) is 0 Å². The maximum absolute atomic E-state index is 5.23. The van der Waals surface area contributed by atoms with E-state index >= 15 is 0 Å². The first-order valence-electron chi connectivity index (χ1n) is 17.5. The molecule has 9 aromatic rings. The van der Waals surface area contributed by atoms with Crippen molar-refractivity contribution in [2.45, 2.75) is 6.92 Å². The zero-order chi connectivity index (χ0) is 34.6. The first kappa shape index (κ1) is 29.8. The average molecular weight is 666 g/mol. The normalized spacial score (nSPS) is 12.9. The summed E-state index contributed by atoms with van der Waals surface area (Å²) in [5, 5.41) is 4.75. The smallest absolute Gasteiger partial charge is 0.235 e. The van der Waals surface area contributed by atoms with E-state index in [0.717, 1.165) is 61.3 Å². The van der Waals surface area contributed by atoms with E-state index in [0.29, 0.717) is 5.95 Å². The summed E-state index contributed by atoms with van der Waals surface area (Å²) in [5.41, 5.74) is 15.7. The van der Waals surface area contributed by atoms with Gasteiger partial charge in [0.1, 0.15) is 0 Å². The van der Waals surface area contributed by atoms with E-state index in [1.165, 1.54) is 27.4 Å². The van der Waals surface area contributed by atoms with Gasteiger partial charge >= 0.3 is 0 Å². The lowest BCUT2D eigenvalue weighted by molar-refractivity contribution is 0.979. The number of allylic oxidation sites excluding steroid dienone is 5. The summed E-state index contributed by atoms with van der Waals surface area (Å²) in [4.78, 5) is 15.1. The van der Waals surface area contributed by atoms with Crippen molar-refractivity contribution in [3.05, 3.63) is 187 Å². The molecule has 0 spiro atoms. The SMILES string of the molecule is CC1=C=CC=CC=C1c1cc(-c2ccccn2)nc(-n2c3ccccc3c3cc(-c4ccc5c(c4)c4ccccc4n5-c4ccccc4)ccc32)n1. The van der Waals surface area contributed by atoms with Crippen molar-refractivity contribution in [1.29, 1.82) is 0 Å². The molecule has 0 aliphatic heterocycles. The Labute approximate surface area is 300 Å². The molecule has 0 saturated carbocycles. The molecule has 5 nitrogen and oxygen atoms in total. The number of hydrogen-bond acceptors (Lipinski definition) is 3. The number of hydrogen-bond donors (Lipinski definition) is 0. The van der Waals surface area contributed by atoms with Gasteiger partial charge in [0, 0.05) is 44.6 Å². The molecule has 4 aromatic heterocycles. The molecule has 0 atom stereocenters. The van der Waals surface area contributed by atoms with Crippen molar-refractivity contribution in [1.82, 2.24) is 24.1 Å². The van der Waals surface area contributed by atoms with Gasteiger partial charge in [-0.15, -0.1) is 5.73 Å². The number of aromatic nitrogens is 5. The molecule has 0 amide bonds. The molecule has 0 radical (unpaired) electrons. The van der Waals surface area contributed by atoms with Crippen LogP contribution in [0.15, 0.2) is 181 Å². The highest BCUT2D eigenvalue weighted by Gasteiger charge is 2.19. The molecule has 0 N–H and O–H groups in total. The van der Waals surface area contributed by atoms with Crippen LogP contribution in [0.5, 0.6) is 0 Å². The van der Waals surface area contributed by atoms with Gasteiger partial charge in [0.25, 0.3) is 0 Å². The van der Waals surface area contributed by atoms with Crippen LogP contribution >= 0.6 is 0 Å². The van der Waals surface area contributed by atoms with Gasteiger partial charge < -0.3 is 4.57 Å². The van der Waals surface area contributed by atoms with Crippen LogP contribution < -0.4 is 0 Å². The summed E-state index contributed by atoms with van der Waals surface area (Å²) in [6, 6.07) is 49.3. The second-order valence-electron chi connectivity index (χ2n) is 13.1. The van der Waals surface area contributed by atoms with Crippen LogP contribution in [0.3, 0.4) is 0 Å². The Morgan fingerprint density at radius 3 is 1.83 bits per heavy atom. The third-order valence-corrected chi connectivity index (χ3v) is 9.98. The molecule has 52 heavy (non-hydrogen) atoms. The van der Waals surface area contributed by atoms with Gasteiger partial charge in [-0.1, -0.05) is 91.0 Å². The van der Waals surface area contributed by atoms with Gasteiger partial charge in [0.2, 0.25) is 5.95 Å².